The molecule has 0 N–H and O–H groups in total. The number of rotatable bonds is 3. The van der Waals surface area contributed by atoms with E-state index in [1.54, 1.807) is 0 Å². The molecule has 0 aliphatic heterocycles. The average molecular weight is 184 g/mol. The van der Waals surface area contributed by atoms with Crippen molar-refractivity contribution in [3.05, 3.63) is 11.6 Å². The van der Waals surface area contributed by atoms with Gasteiger partial charge < -0.3 is 4.74 Å². The first-order valence-electron chi connectivity index (χ1n) is 4.69. The molecule has 0 heterocycles. The third-order valence-corrected chi connectivity index (χ3v) is 1.64. The number of carbonyl (C=O) groups excluding carboxylic acids is 1. The second-order valence-electron chi connectivity index (χ2n) is 4.22. The molecular weight excluding hydrogens is 164 g/mol. The minimum atomic E-state index is -0.360. The summed E-state index contributed by atoms with van der Waals surface area (Å²) in [7, 11) is 0. The van der Waals surface area contributed by atoms with E-state index in [2.05, 4.69) is 0 Å². The number of hydrogen-bond acceptors (Lipinski definition) is 2. The zero-order valence-electron chi connectivity index (χ0n) is 9.31. The Morgan fingerprint density at radius 2 is 1.85 bits per heavy atom. The summed E-state index contributed by atoms with van der Waals surface area (Å²) in [5.41, 5.74) is 0.867. The summed E-state index contributed by atoms with van der Waals surface area (Å²) in [4.78, 5) is 11.2. The minimum absolute atomic E-state index is 0.117. The van der Waals surface area contributed by atoms with E-state index in [-0.39, 0.29) is 11.6 Å². The number of allylic oxidation sites excluding steroid dienone is 2. The van der Waals surface area contributed by atoms with E-state index in [1.807, 2.05) is 40.7 Å². The first-order chi connectivity index (χ1) is 5.85. The molecule has 0 aromatic carbocycles. The Morgan fingerprint density at radius 3 is 2.23 bits per heavy atom. The van der Waals surface area contributed by atoms with Crippen molar-refractivity contribution in [3.8, 4) is 0 Å². The molecule has 0 bridgehead atoms. The molecule has 0 radical (unpaired) electrons. The lowest BCUT2D eigenvalue weighted by molar-refractivity contribution is -0.154. The van der Waals surface area contributed by atoms with Crippen LogP contribution in [0.15, 0.2) is 11.6 Å². The summed E-state index contributed by atoms with van der Waals surface area (Å²) in [5, 5.41) is 0. The van der Waals surface area contributed by atoms with Gasteiger partial charge in [-0.1, -0.05) is 11.6 Å². The van der Waals surface area contributed by atoms with Gasteiger partial charge in [-0.3, -0.25) is 4.79 Å². The van der Waals surface area contributed by atoms with Crippen LogP contribution in [-0.4, -0.2) is 11.6 Å². The second kappa shape index (κ2) is 5.05. The number of ether oxygens (including phenoxy) is 1. The van der Waals surface area contributed by atoms with Crippen molar-refractivity contribution in [2.75, 3.05) is 0 Å². The van der Waals surface area contributed by atoms with Crippen molar-refractivity contribution in [1.29, 1.82) is 0 Å². The maximum atomic E-state index is 11.2. The summed E-state index contributed by atoms with van der Waals surface area (Å²) < 4.78 is 5.17. The zero-order valence-corrected chi connectivity index (χ0v) is 9.31. The molecule has 0 saturated heterocycles. The predicted molar refractivity (Wildman–Crippen MR) is 54.5 cm³/mol. The van der Waals surface area contributed by atoms with Crippen LogP contribution in [0.5, 0.6) is 0 Å². The fraction of sp³-hybridized carbons (Fsp3) is 0.727. The third-order valence-electron chi connectivity index (χ3n) is 1.64. The fourth-order valence-electron chi connectivity index (χ4n) is 0.836. The molecule has 0 atom stereocenters. The van der Waals surface area contributed by atoms with E-state index >= 15 is 0 Å². The highest BCUT2D eigenvalue weighted by Gasteiger charge is 2.15. The predicted octanol–water partition coefficient (Wildman–Crippen LogP) is 3.07. The normalized spacial score (nSPS) is 12.8. The summed E-state index contributed by atoms with van der Waals surface area (Å²) in [6.45, 7) is 9.64. The standard InChI is InChI=1S/C11H20O2/c1-6-9(2)7-8-10(12)13-11(3,4)5/h6H,7-8H2,1-5H3/b9-6+. The maximum Gasteiger partial charge on any atom is 0.306 e. The van der Waals surface area contributed by atoms with Gasteiger partial charge in [0.05, 0.1) is 0 Å². The van der Waals surface area contributed by atoms with E-state index in [9.17, 15) is 4.79 Å². The highest BCUT2D eigenvalue weighted by Crippen LogP contribution is 2.11. The molecule has 0 unspecified atom stereocenters. The number of hydrogen-bond donors (Lipinski definition) is 0. The molecule has 76 valence electrons. The van der Waals surface area contributed by atoms with Gasteiger partial charge in [-0.05, 0) is 41.0 Å². The number of esters is 1. The highest BCUT2D eigenvalue weighted by atomic mass is 16.6. The molecule has 0 aromatic heterocycles. The van der Waals surface area contributed by atoms with Crippen LogP contribution in [0.1, 0.15) is 47.5 Å². The van der Waals surface area contributed by atoms with Crippen LogP contribution in [0.25, 0.3) is 0 Å². The van der Waals surface area contributed by atoms with Crippen molar-refractivity contribution in [2.45, 2.75) is 53.1 Å². The SMILES string of the molecule is C/C=C(\C)CCC(=O)OC(C)(C)C. The molecule has 2 nitrogen and oxygen atoms in total. The van der Waals surface area contributed by atoms with E-state index in [0.29, 0.717) is 6.42 Å². The van der Waals surface area contributed by atoms with E-state index < -0.39 is 0 Å². The second-order valence-corrected chi connectivity index (χ2v) is 4.22. The largest absolute Gasteiger partial charge is 0.460 e. The van der Waals surface area contributed by atoms with E-state index in [4.69, 9.17) is 4.74 Å². The van der Waals surface area contributed by atoms with Gasteiger partial charge in [0.15, 0.2) is 0 Å². The zero-order chi connectivity index (χ0) is 10.5. The summed E-state index contributed by atoms with van der Waals surface area (Å²) in [5.74, 6) is -0.117. The van der Waals surface area contributed by atoms with Crippen LogP contribution in [-0.2, 0) is 9.53 Å². The lowest BCUT2D eigenvalue weighted by Crippen LogP contribution is -2.23. The van der Waals surface area contributed by atoms with E-state index in [0.717, 1.165) is 6.42 Å². The molecule has 13 heavy (non-hydrogen) atoms. The lowest BCUT2D eigenvalue weighted by atomic mass is 10.1. The summed E-state index contributed by atoms with van der Waals surface area (Å²) in [6.07, 6.45) is 3.29. The van der Waals surface area contributed by atoms with Crippen LogP contribution < -0.4 is 0 Å². The van der Waals surface area contributed by atoms with Gasteiger partial charge in [0.1, 0.15) is 5.60 Å². The quantitative estimate of drug-likeness (QED) is 0.497. The van der Waals surface area contributed by atoms with Gasteiger partial charge in [-0.25, -0.2) is 0 Å². The van der Waals surface area contributed by atoms with Gasteiger partial charge in [-0.2, -0.15) is 0 Å². The number of carbonyl (C=O) groups is 1. The van der Waals surface area contributed by atoms with E-state index in [1.165, 1.54) is 5.57 Å². The lowest BCUT2D eigenvalue weighted by Gasteiger charge is -2.19. The fourth-order valence-corrected chi connectivity index (χ4v) is 0.836. The Kier molecular flexibility index (Phi) is 4.74. The van der Waals surface area contributed by atoms with Crippen molar-refractivity contribution in [3.63, 3.8) is 0 Å². The molecular formula is C11H20O2. The van der Waals surface area contributed by atoms with Crippen LogP contribution in [0.2, 0.25) is 0 Å². The minimum Gasteiger partial charge on any atom is -0.460 e. The van der Waals surface area contributed by atoms with Crippen molar-refractivity contribution < 1.29 is 9.53 Å². The van der Waals surface area contributed by atoms with Gasteiger partial charge in [0.2, 0.25) is 0 Å². The van der Waals surface area contributed by atoms with Crippen LogP contribution in [0, 0.1) is 0 Å². The molecule has 0 spiro atoms. The molecule has 2 heteroatoms. The topological polar surface area (TPSA) is 26.3 Å². The van der Waals surface area contributed by atoms with Crippen LogP contribution >= 0.6 is 0 Å². The molecule has 0 saturated carbocycles. The van der Waals surface area contributed by atoms with Gasteiger partial charge in [0, 0.05) is 6.42 Å². The molecule has 0 rings (SSSR count). The van der Waals surface area contributed by atoms with Gasteiger partial charge in [-0.15, -0.1) is 0 Å². The average Bonchev–Trinajstić information content (AvgIpc) is 1.97. The van der Waals surface area contributed by atoms with Gasteiger partial charge in [0.25, 0.3) is 0 Å². The summed E-state index contributed by atoms with van der Waals surface area (Å²) >= 11 is 0. The Bertz CT molecular complexity index is 197. The Morgan fingerprint density at radius 1 is 1.31 bits per heavy atom. The van der Waals surface area contributed by atoms with Crippen molar-refractivity contribution in [2.24, 2.45) is 0 Å². The van der Waals surface area contributed by atoms with Crippen molar-refractivity contribution in [1.82, 2.24) is 0 Å². The van der Waals surface area contributed by atoms with Crippen molar-refractivity contribution >= 4 is 5.97 Å². The van der Waals surface area contributed by atoms with Crippen LogP contribution in [0.3, 0.4) is 0 Å². The first kappa shape index (κ1) is 12.2. The molecule has 0 aliphatic rings. The first-order valence-corrected chi connectivity index (χ1v) is 4.69. The molecule has 0 aliphatic carbocycles. The summed E-state index contributed by atoms with van der Waals surface area (Å²) in [6, 6.07) is 0. The highest BCUT2D eigenvalue weighted by molar-refractivity contribution is 5.70. The van der Waals surface area contributed by atoms with Gasteiger partial charge >= 0.3 is 5.97 Å². The third kappa shape index (κ3) is 7.57. The molecule has 0 amide bonds. The molecule has 0 fully saturated rings. The maximum absolute atomic E-state index is 11.2. The Balaban J connectivity index is 3.77. The monoisotopic (exact) mass is 184 g/mol. The van der Waals surface area contributed by atoms with Crippen LogP contribution in [0.4, 0.5) is 0 Å². The smallest absolute Gasteiger partial charge is 0.306 e. The Hall–Kier alpha value is -0.790. The molecule has 0 aromatic rings. The Labute approximate surface area is 81.0 Å².